The van der Waals surface area contributed by atoms with Gasteiger partial charge in [0, 0.05) is 24.0 Å². The van der Waals surface area contributed by atoms with E-state index in [0.717, 1.165) is 11.3 Å². The highest BCUT2D eigenvalue weighted by molar-refractivity contribution is 5.95. The number of hydrogen-bond acceptors (Lipinski definition) is 4. The Labute approximate surface area is 120 Å². The van der Waals surface area contributed by atoms with Crippen molar-refractivity contribution in [3.05, 3.63) is 23.8 Å². The summed E-state index contributed by atoms with van der Waals surface area (Å²) in [6.45, 7) is 8.24. The smallest absolute Gasteiger partial charge is 0.241 e. The molecule has 0 radical (unpaired) electrons. The van der Waals surface area contributed by atoms with E-state index < -0.39 is 0 Å². The van der Waals surface area contributed by atoms with Crippen LogP contribution in [0.3, 0.4) is 0 Å². The molecule has 0 aromatic heterocycles. The van der Waals surface area contributed by atoms with Crippen LogP contribution in [0.25, 0.3) is 0 Å². The van der Waals surface area contributed by atoms with Crippen molar-refractivity contribution in [1.29, 1.82) is 0 Å². The van der Waals surface area contributed by atoms with Gasteiger partial charge in [0.05, 0.1) is 12.6 Å². The Hall–Kier alpha value is -1.59. The van der Waals surface area contributed by atoms with Crippen molar-refractivity contribution in [2.45, 2.75) is 39.8 Å². The molecule has 1 amide bonds. The van der Waals surface area contributed by atoms with Gasteiger partial charge in [-0.1, -0.05) is 6.07 Å². The van der Waals surface area contributed by atoms with Crippen molar-refractivity contribution >= 4 is 17.3 Å². The number of carbonyl (C=O) groups is 1. The molecule has 1 atom stereocenters. The van der Waals surface area contributed by atoms with Gasteiger partial charge in [-0.25, -0.2) is 0 Å². The van der Waals surface area contributed by atoms with Gasteiger partial charge in [0.15, 0.2) is 0 Å². The summed E-state index contributed by atoms with van der Waals surface area (Å²) < 4.78 is 0. The third-order valence-corrected chi connectivity index (χ3v) is 3.53. The number of rotatable bonds is 6. The first-order chi connectivity index (χ1) is 9.38. The first-order valence-electron chi connectivity index (χ1n) is 6.91. The molecule has 5 nitrogen and oxygen atoms in total. The molecule has 0 spiro atoms. The molecule has 1 aromatic carbocycles. The number of aliphatic hydroxyl groups is 1. The second-order valence-electron chi connectivity index (χ2n) is 5.24. The van der Waals surface area contributed by atoms with Crippen LogP contribution < -0.4 is 11.1 Å². The Bertz CT molecular complexity index is 460. The van der Waals surface area contributed by atoms with Gasteiger partial charge in [0.25, 0.3) is 0 Å². The van der Waals surface area contributed by atoms with Gasteiger partial charge in [-0.05, 0) is 45.4 Å². The number of carbonyl (C=O) groups excluding carboxylic acids is 1. The zero-order valence-corrected chi connectivity index (χ0v) is 12.7. The van der Waals surface area contributed by atoms with Gasteiger partial charge >= 0.3 is 0 Å². The maximum atomic E-state index is 12.3. The maximum Gasteiger partial charge on any atom is 0.241 e. The van der Waals surface area contributed by atoms with Gasteiger partial charge in [-0.2, -0.15) is 0 Å². The second-order valence-corrected chi connectivity index (χ2v) is 5.24. The predicted octanol–water partition coefficient (Wildman–Crippen LogP) is 1.61. The average molecular weight is 279 g/mol. The van der Waals surface area contributed by atoms with Gasteiger partial charge in [-0.15, -0.1) is 0 Å². The lowest BCUT2D eigenvalue weighted by molar-refractivity contribution is -0.121. The largest absolute Gasteiger partial charge is 0.398 e. The number of nitrogens with zero attached hydrogens (tertiary/aromatic N) is 1. The van der Waals surface area contributed by atoms with E-state index in [9.17, 15) is 4.79 Å². The van der Waals surface area contributed by atoms with Crippen LogP contribution in [-0.4, -0.2) is 41.1 Å². The van der Waals surface area contributed by atoms with E-state index in [1.807, 2.05) is 44.7 Å². The SMILES string of the molecule is Cc1c(N)cccc1NC(=O)C(C)N(CCO)C(C)C. The first-order valence-corrected chi connectivity index (χ1v) is 6.91. The predicted molar refractivity (Wildman–Crippen MR) is 82.6 cm³/mol. The number of anilines is 2. The molecule has 0 aliphatic rings. The normalized spacial score (nSPS) is 12.8. The van der Waals surface area contributed by atoms with Crippen LogP contribution in [0, 0.1) is 6.92 Å². The van der Waals surface area contributed by atoms with Gasteiger partial charge in [0.1, 0.15) is 0 Å². The summed E-state index contributed by atoms with van der Waals surface area (Å²) in [5.74, 6) is -0.0964. The molecule has 0 aliphatic heterocycles. The summed E-state index contributed by atoms with van der Waals surface area (Å²) >= 11 is 0. The summed E-state index contributed by atoms with van der Waals surface area (Å²) in [7, 11) is 0. The Balaban J connectivity index is 2.81. The molecule has 0 saturated heterocycles. The van der Waals surface area contributed by atoms with E-state index >= 15 is 0 Å². The molecule has 0 aliphatic carbocycles. The van der Waals surface area contributed by atoms with Crippen molar-refractivity contribution in [3.8, 4) is 0 Å². The van der Waals surface area contributed by atoms with E-state index in [4.69, 9.17) is 10.8 Å². The number of benzene rings is 1. The molecule has 0 saturated carbocycles. The molecule has 1 aromatic rings. The van der Waals surface area contributed by atoms with Crippen LogP contribution in [0.5, 0.6) is 0 Å². The fourth-order valence-corrected chi connectivity index (χ4v) is 2.19. The maximum absolute atomic E-state index is 12.3. The lowest BCUT2D eigenvalue weighted by Gasteiger charge is -2.31. The van der Waals surface area contributed by atoms with E-state index in [1.54, 1.807) is 6.07 Å². The molecule has 1 unspecified atom stereocenters. The molecule has 5 heteroatoms. The Morgan fingerprint density at radius 2 is 2.05 bits per heavy atom. The number of nitrogen functional groups attached to an aromatic ring is 1. The van der Waals surface area contributed by atoms with Crippen molar-refractivity contribution in [2.24, 2.45) is 0 Å². The van der Waals surface area contributed by atoms with Crippen molar-refractivity contribution in [2.75, 3.05) is 24.2 Å². The van der Waals surface area contributed by atoms with Crippen LogP contribution in [0.2, 0.25) is 0 Å². The monoisotopic (exact) mass is 279 g/mol. The molecular formula is C15H25N3O2. The molecule has 0 heterocycles. The summed E-state index contributed by atoms with van der Waals surface area (Å²) in [6, 6.07) is 5.33. The van der Waals surface area contributed by atoms with E-state index in [0.29, 0.717) is 12.2 Å². The second kappa shape index (κ2) is 7.26. The standard InChI is InChI=1S/C15H25N3O2/c1-10(2)18(8-9-19)12(4)15(20)17-14-7-5-6-13(16)11(14)3/h5-7,10,12,19H,8-9,16H2,1-4H3,(H,17,20). The van der Waals surface area contributed by atoms with Crippen molar-refractivity contribution < 1.29 is 9.90 Å². The van der Waals surface area contributed by atoms with Crippen LogP contribution in [0.4, 0.5) is 11.4 Å². The summed E-state index contributed by atoms with van der Waals surface area (Å²) in [5.41, 5.74) is 8.09. The fourth-order valence-electron chi connectivity index (χ4n) is 2.19. The summed E-state index contributed by atoms with van der Waals surface area (Å²) in [5, 5.41) is 12.0. The van der Waals surface area contributed by atoms with Crippen molar-refractivity contribution in [1.82, 2.24) is 4.90 Å². The highest BCUT2D eigenvalue weighted by Crippen LogP contribution is 2.21. The highest BCUT2D eigenvalue weighted by atomic mass is 16.3. The number of nitrogens with two attached hydrogens (primary N) is 1. The minimum atomic E-state index is -0.317. The van der Waals surface area contributed by atoms with Gasteiger partial charge < -0.3 is 16.2 Å². The molecule has 0 bridgehead atoms. The van der Waals surface area contributed by atoms with Crippen LogP contribution in [-0.2, 0) is 4.79 Å². The van der Waals surface area contributed by atoms with E-state index in [1.165, 1.54) is 0 Å². The van der Waals surface area contributed by atoms with Crippen LogP contribution in [0.1, 0.15) is 26.3 Å². The number of hydrogen-bond donors (Lipinski definition) is 3. The van der Waals surface area contributed by atoms with E-state index in [2.05, 4.69) is 5.32 Å². The van der Waals surface area contributed by atoms with Gasteiger partial charge in [-0.3, -0.25) is 9.69 Å². The Morgan fingerprint density at radius 3 is 2.60 bits per heavy atom. The third-order valence-electron chi connectivity index (χ3n) is 3.53. The Morgan fingerprint density at radius 1 is 1.40 bits per heavy atom. The lowest BCUT2D eigenvalue weighted by Crippen LogP contribution is -2.47. The van der Waals surface area contributed by atoms with E-state index in [-0.39, 0.29) is 24.6 Å². The molecule has 112 valence electrons. The minimum Gasteiger partial charge on any atom is -0.398 e. The quantitative estimate of drug-likeness (QED) is 0.691. The zero-order valence-electron chi connectivity index (χ0n) is 12.7. The molecule has 0 fully saturated rings. The van der Waals surface area contributed by atoms with Crippen molar-refractivity contribution in [3.63, 3.8) is 0 Å². The summed E-state index contributed by atoms with van der Waals surface area (Å²) in [4.78, 5) is 14.3. The lowest BCUT2D eigenvalue weighted by atomic mass is 10.1. The average Bonchev–Trinajstić information content (AvgIpc) is 2.40. The zero-order chi connectivity index (χ0) is 15.3. The topological polar surface area (TPSA) is 78.6 Å². The van der Waals surface area contributed by atoms with Crippen LogP contribution >= 0.6 is 0 Å². The molecular weight excluding hydrogens is 254 g/mol. The Kier molecular flexibility index (Phi) is 5.98. The number of nitrogens with one attached hydrogen (secondary N) is 1. The fraction of sp³-hybridized carbons (Fsp3) is 0.533. The molecule has 4 N–H and O–H groups in total. The molecule has 20 heavy (non-hydrogen) atoms. The highest BCUT2D eigenvalue weighted by Gasteiger charge is 2.23. The summed E-state index contributed by atoms with van der Waals surface area (Å²) in [6.07, 6.45) is 0. The van der Waals surface area contributed by atoms with Gasteiger partial charge in [0.2, 0.25) is 5.91 Å². The third kappa shape index (κ3) is 3.95. The van der Waals surface area contributed by atoms with Crippen LogP contribution in [0.15, 0.2) is 18.2 Å². The minimum absolute atomic E-state index is 0.0348. The first kappa shape index (κ1) is 16.5. The molecule has 1 rings (SSSR count). The number of aliphatic hydroxyl groups excluding tert-OH is 1. The number of amides is 1.